The molecular weight excluding hydrogens is 446 g/mol. The molecule has 8 heteroatoms. The van der Waals surface area contributed by atoms with Crippen molar-refractivity contribution in [3.05, 3.63) is 65.5 Å². The first kappa shape index (κ1) is 27.2. The molecule has 0 bridgehead atoms. The van der Waals surface area contributed by atoms with E-state index in [9.17, 15) is 9.59 Å². The van der Waals surface area contributed by atoms with E-state index in [4.69, 9.17) is 10.7 Å². The maximum atomic E-state index is 12.2. The lowest BCUT2D eigenvalue weighted by Crippen LogP contribution is -2.27. The van der Waals surface area contributed by atoms with Crippen LogP contribution in [0.15, 0.2) is 60.0 Å². The third-order valence-electron chi connectivity index (χ3n) is 4.84. The van der Waals surface area contributed by atoms with Crippen LogP contribution in [0.25, 0.3) is 21.8 Å². The van der Waals surface area contributed by atoms with E-state index in [1.54, 1.807) is 11.3 Å². The van der Waals surface area contributed by atoms with Gasteiger partial charge in [-0.05, 0) is 53.3 Å². The summed E-state index contributed by atoms with van der Waals surface area (Å²) in [5, 5.41) is 5.99. The molecule has 0 saturated carbocycles. The summed E-state index contributed by atoms with van der Waals surface area (Å²) in [5.74, 6) is -0.266. The Morgan fingerprint density at radius 2 is 1.56 bits per heavy atom. The van der Waals surface area contributed by atoms with Gasteiger partial charge in [0.15, 0.2) is 0 Å². The molecule has 0 aliphatic rings. The number of carbonyl (C=O) groups excluding carboxylic acids is 2. The Labute approximate surface area is 206 Å². The molecule has 0 atom stereocenters. The van der Waals surface area contributed by atoms with E-state index in [1.165, 1.54) is 0 Å². The number of carbonyl (C=O) groups is 2. The van der Waals surface area contributed by atoms with Gasteiger partial charge in [0.1, 0.15) is 5.01 Å². The van der Waals surface area contributed by atoms with Crippen molar-refractivity contribution >= 4 is 23.2 Å². The first-order valence-electron chi connectivity index (χ1n) is 11.2. The lowest BCUT2D eigenvalue weighted by Gasteiger charge is -2.10. The van der Waals surface area contributed by atoms with E-state index in [0.717, 1.165) is 41.3 Å². The molecule has 1 aromatic heterocycles. The Morgan fingerprint density at radius 1 is 0.912 bits per heavy atom. The van der Waals surface area contributed by atoms with Crippen LogP contribution < -0.4 is 11.1 Å². The summed E-state index contributed by atoms with van der Waals surface area (Å²) in [6.45, 7) is 2.40. The van der Waals surface area contributed by atoms with Gasteiger partial charge < -0.3 is 20.9 Å². The minimum absolute atomic E-state index is 0.0283. The van der Waals surface area contributed by atoms with E-state index in [1.807, 2.05) is 75.6 Å². The molecule has 0 fully saturated rings. The number of hydrogen-bond donors (Lipinski definition) is 2. The summed E-state index contributed by atoms with van der Waals surface area (Å²) in [6.07, 6.45) is 1.39. The fraction of sp³-hybridized carbons (Fsp3) is 0.346. The van der Waals surface area contributed by atoms with E-state index < -0.39 is 0 Å². The molecule has 2 aromatic carbocycles. The van der Waals surface area contributed by atoms with Gasteiger partial charge in [0, 0.05) is 41.6 Å². The van der Waals surface area contributed by atoms with E-state index in [0.29, 0.717) is 18.5 Å². The molecule has 7 nitrogen and oxygen atoms in total. The monoisotopic (exact) mass is 481 g/mol. The van der Waals surface area contributed by atoms with Gasteiger partial charge in [0.05, 0.1) is 5.69 Å². The predicted molar refractivity (Wildman–Crippen MR) is 141 cm³/mol. The average molecular weight is 482 g/mol. The number of benzene rings is 2. The van der Waals surface area contributed by atoms with Gasteiger partial charge in [0.25, 0.3) is 5.91 Å². The SMILES string of the molecule is CN(C)CCC(N)=O.CN(C)CCCNC(=O)c1ccc(-c2nc(-c3ccccc3)cs2)cc1. The zero-order valence-electron chi connectivity index (χ0n) is 20.5. The molecule has 182 valence electrons. The van der Waals surface area contributed by atoms with Crippen molar-refractivity contribution in [2.45, 2.75) is 12.8 Å². The highest BCUT2D eigenvalue weighted by Crippen LogP contribution is 2.28. The summed E-state index contributed by atoms with van der Waals surface area (Å²) in [4.78, 5) is 31.0. The predicted octanol–water partition coefficient (Wildman–Crippen LogP) is 3.58. The molecule has 0 unspecified atom stereocenters. The van der Waals surface area contributed by atoms with Crippen molar-refractivity contribution in [3.8, 4) is 21.8 Å². The van der Waals surface area contributed by atoms with Gasteiger partial charge in [-0.3, -0.25) is 9.59 Å². The normalized spacial score (nSPS) is 10.6. The fourth-order valence-electron chi connectivity index (χ4n) is 2.95. The number of thiazole rings is 1. The van der Waals surface area contributed by atoms with E-state index in [-0.39, 0.29) is 11.8 Å². The van der Waals surface area contributed by atoms with Crippen LogP contribution in [0.1, 0.15) is 23.2 Å². The Hall–Kier alpha value is -3.07. The Morgan fingerprint density at radius 3 is 2.12 bits per heavy atom. The van der Waals surface area contributed by atoms with Gasteiger partial charge in [-0.25, -0.2) is 4.98 Å². The summed E-state index contributed by atoms with van der Waals surface area (Å²) < 4.78 is 0. The van der Waals surface area contributed by atoms with Crippen molar-refractivity contribution in [2.24, 2.45) is 5.73 Å². The van der Waals surface area contributed by atoms with Crippen LogP contribution in [0.2, 0.25) is 0 Å². The number of aromatic nitrogens is 1. The van der Waals surface area contributed by atoms with Crippen molar-refractivity contribution in [3.63, 3.8) is 0 Å². The topological polar surface area (TPSA) is 91.6 Å². The lowest BCUT2D eigenvalue weighted by atomic mass is 10.1. The average Bonchev–Trinajstić information content (AvgIpc) is 3.32. The molecule has 3 aromatic rings. The maximum absolute atomic E-state index is 12.2. The zero-order chi connectivity index (χ0) is 24.9. The van der Waals surface area contributed by atoms with Gasteiger partial charge >= 0.3 is 0 Å². The summed E-state index contributed by atoms with van der Waals surface area (Å²) in [7, 11) is 7.87. The van der Waals surface area contributed by atoms with Crippen molar-refractivity contribution < 1.29 is 9.59 Å². The minimum Gasteiger partial charge on any atom is -0.370 e. The molecule has 3 N–H and O–H groups in total. The molecule has 0 radical (unpaired) electrons. The molecular formula is C26H35N5O2S. The standard InChI is InChI=1S/C21H23N3OS.C5H12N2O/c1-24(2)14-6-13-22-20(25)17-9-11-18(12-10-17)21-23-19(15-26-21)16-7-4-3-5-8-16;1-7(2)4-3-5(6)8/h3-5,7-12,15H,6,13-14H2,1-2H3,(H,22,25);3-4H2,1-2H3,(H2,6,8). The molecule has 0 spiro atoms. The number of nitrogens with one attached hydrogen (secondary N) is 1. The number of rotatable bonds is 10. The van der Waals surface area contributed by atoms with Crippen molar-refractivity contribution in [2.75, 3.05) is 47.8 Å². The van der Waals surface area contributed by atoms with Crippen LogP contribution >= 0.6 is 11.3 Å². The first-order valence-corrected chi connectivity index (χ1v) is 12.1. The van der Waals surface area contributed by atoms with E-state index in [2.05, 4.69) is 27.7 Å². The van der Waals surface area contributed by atoms with Gasteiger partial charge in [-0.2, -0.15) is 0 Å². The molecule has 1 heterocycles. The summed E-state index contributed by atoms with van der Waals surface area (Å²) >= 11 is 1.61. The molecule has 34 heavy (non-hydrogen) atoms. The Balaban J connectivity index is 0.000000440. The second-order valence-corrected chi connectivity index (χ2v) is 9.27. The largest absolute Gasteiger partial charge is 0.370 e. The highest BCUT2D eigenvalue weighted by Gasteiger charge is 2.09. The smallest absolute Gasteiger partial charge is 0.251 e. The third-order valence-corrected chi connectivity index (χ3v) is 5.73. The maximum Gasteiger partial charge on any atom is 0.251 e. The second kappa shape index (κ2) is 14.2. The zero-order valence-corrected chi connectivity index (χ0v) is 21.3. The van der Waals surface area contributed by atoms with E-state index >= 15 is 0 Å². The molecule has 0 aliphatic heterocycles. The summed E-state index contributed by atoms with van der Waals surface area (Å²) in [5.41, 5.74) is 8.68. The number of hydrogen-bond acceptors (Lipinski definition) is 6. The highest BCUT2D eigenvalue weighted by atomic mass is 32.1. The van der Waals surface area contributed by atoms with Crippen LogP contribution in [0, 0.1) is 0 Å². The van der Waals surface area contributed by atoms with Crippen LogP contribution in [0.4, 0.5) is 0 Å². The summed E-state index contributed by atoms with van der Waals surface area (Å²) in [6, 6.07) is 17.8. The number of nitrogens with zero attached hydrogens (tertiary/aromatic N) is 3. The Bertz CT molecular complexity index is 1020. The van der Waals surface area contributed by atoms with Crippen LogP contribution in [-0.2, 0) is 4.79 Å². The minimum atomic E-state index is -0.237. The number of amides is 2. The molecule has 3 rings (SSSR count). The van der Waals surface area contributed by atoms with Crippen LogP contribution in [-0.4, -0.2) is 74.4 Å². The molecule has 0 saturated heterocycles. The van der Waals surface area contributed by atoms with Crippen molar-refractivity contribution in [1.82, 2.24) is 20.1 Å². The fourth-order valence-corrected chi connectivity index (χ4v) is 3.78. The van der Waals surface area contributed by atoms with Gasteiger partial charge in [0.2, 0.25) is 5.91 Å². The van der Waals surface area contributed by atoms with Crippen LogP contribution in [0.3, 0.4) is 0 Å². The second-order valence-electron chi connectivity index (χ2n) is 8.41. The van der Waals surface area contributed by atoms with Crippen molar-refractivity contribution in [1.29, 1.82) is 0 Å². The highest BCUT2D eigenvalue weighted by molar-refractivity contribution is 7.13. The lowest BCUT2D eigenvalue weighted by molar-refractivity contribution is -0.118. The third kappa shape index (κ3) is 9.82. The molecule has 0 aliphatic carbocycles. The van der Waals surface area contributed by atoms with Gasteiger partial charge in [-0.15, -0.1) is 11.3 Å². The number of nitrogens with two attached hydrogens (primary N) is 1. The quantitative estimate of drug-likeness (QED) is 0.432. The first-order chi connectivity index (χ1) is 16.3. The molecule has 2 amide bonds. The van der Waals surface area contributed by atoms with Gasteiger partial charge in [-0.1, -0.05) is 42.5 Å². The van der Waals surface area contributed by atoms with Crippen LogP contribution in [0.5, 0.6) is 0 Å². The number of primary amides is 1. The Kier molecular flexibility index (Phi) is 11.4.